The molecule has 2 aromatic carbocycles. The number of anilines is 1. The highest BCUT2D eigenvalue weighted by atomic mass is 35.5. The summed E-state index contributed by atoms with van der Waals surface area (Å²) in [7, 11) is 1.63. The fraction of sp³-hybridized carbons (Fsp3) is 0.130. The van der Waals surface area contributed by atoms with Crippen LogP contribution in [0, 0.1) is 13.8 Å². The van der Waals surface area contributed by atoms with Gasteiger partial charge in [-0.1, -0.05) is 23.7 Å². The molecule has 0 bridgehead atoms. The first-order valence-electron chi connectivity index (χ1n) is 9.26. The van der Waals surface area contributed by atoms with E-state index in [9.17, 15) is 9.59 Å². The van der Waals surface area contributed by atoms with Gasteiger partial charge in [0.2, 0.25) is 0 Å². The number of aromatic nitrogens is 1. The van der Waals surface area contributed by atoms with Crippen molar-refractivity contribution in [2.45, 2.75) is 13.8 Å². The van der Waals surface area contributed by atoms with Crippen LogP contribution in [0.3, 0.4) is 0 Å². The lowest BCUT2D eigenvalue weighted by Crippen LogP contribution is -2.27. The van der Waals surface area contributed by atoms with Crippen LogP contribution in [-0.2, 0) is 4.79 Å². The highest BCUT2D eigenvalue weighted by Crippen LogP contribution is 2.37. The molecule has 0 unspecified atom stereocenters. The van der Waals surface area contributed by atoms with Crippen LogP contribution >= 0.6 is 23.4 Å². The van der Waals surface area contributed by atoms with Gasteiger partial charge in [0.25, 0.3) is 11.1 Å². The van der Waals surface area contributed by atoms with E-state index in [4.69, 9.17) is 16.3 Å². The SMILES string of the molecule is COc1cccc(-n2c(C)cc(/C=C3\SC(=O)N(c4cccc(Cl)c4)C3=O)c2C)c1. The Balaban J connectivity index is 1.70. The second kappa shape index (κ2) is 8.05. The van der Waals surface area contributed by atoms with Gasteiger partial charge in [-0.05, 0) is 73.6 Å². The maximum absolute atomic E-state index is 12.9. The maximum atomic E-state index is 12.9. The van der Waals surface area contributed by atoms with Gasteiger partial charge in [0.15, 0.2) is 0 Å². The lowest BCUT2D eigenvalue weighted by atomic mass is 10.2. The minimum Gasteiger partial charge on any atom is -0.497 e. The number of imide groups is 1. The topological polar surface area (TPSA) is 51.5 Å². The van der Waals surface area contributed by atoms with Crippen molar-refractivity contribution in [3.63, 3.8) is 0 Å². The predicted octanol–water partition coefficient (Wildman–Crippen LogP) is 6.00. The van der Waals surface area contributed by atoms with Crippen LogP contribution in [0.4, 0.5) is 10.5 Å². The highest BCUT2D eigenvalue weighted by Gasteiger charge is 2.36. The fourth-order valence-electron chi connectivity index (χ4n) is 3.53. The van der Waals surface area contributed by atoms with Crippen LogP contribution in [0.5, 0.6) is 5.75 Å². The van der Waals surface area contributed by atoms with Crippen molar-refractivity contribution in [1.29, 1.82) is 0 Å². The van der Waals surface area contributed by atoms with Crippen LogP contribution in [0.25, 0.3) is 11.8 Å². The molecule has 2 heterocycles. The Labute approximate surface area is 183 Å². The third kappa shape index (κ3) is 3.64. The first kappa shape index (κ1) is 20.3. The second-order valence-corrected chi connectivity index (χ2v) is 8.29. The zero-order chi connectivity index (χ0) is 21.4. The van der Waals surface area contributed by atoms with Gasteiger partial charge < -0.3 is 9.30 Å². The zero-order valence-electron chi connectivity index (χ0n) is 16.7. The van der Waals surface area contributed by atoms with E-state index in [2.05, 4.69) is 4.57 Å². The zero-order valence-corrected chi connectivity index (χ0v) is 18.3. The van der Waals surface area contributed by atoms with Crippen molar-refractivity contribution in [2.75, 3.05) is 12.0 Å². The molecule has 1 aromatic heterocycles. The Morgan fingerprint density at radius 3 is 2.47 bits per heavy atom. The number of carbonyl (C=O) groups excluding carboxylic acids is 2. The van der Waals surface area contributed by atoms with Crippen LogP contribution in [-0.4, -0.2) is 22.8 Å². The van der Waals surface area contributed by atoms with Crippen molar-refractivity contribution in [2.24, 2.45) is 0 Å². The number of benzene rings is 2. The summed E-state index contributed by atoms with van der Waals surface area (Å²) in [6, 6.07) is 16.5. The van der Waals surface area contributed by atoms with E-state index in [-0.39, 0.29) is 11.1 Å². The highest BCUT2D eigenvalue weighted by molar-refractivity contribution is 8.19. The molecule has 0 radical (unpaired) electrons. The Morgan fingerprint density at radius 2 is 1.73 bits per heavy atom. The van der Waals surface area contributed by atoms with Gasteiger partial charge in [-0.25, -0.2) is 4.90 Å². The van der Waals surface area contributed by atoms with E-state index in [1.807, 2.05) is 44.2 Å². The molecule has 152 valence electrons. The molecule has 1 aliphatic heterocycles. The van der Waals surface area contributed by atoms with E-state index >= 15 is 0 Å². The van der Waals surface area contributed by atoms with Crippen LogP contribution in [0.15, 0.2) is 59.5 Å². The lowest BCUT2D eigenvalue weighted by molar-refractivity contribution is -0.113. The molecule has 0 spiro atoms. The quantitative estimate of drug-likeness (QED) is 0.469. The first-order chi connectivity index (χ1) is 14.4. The summed E-state index contributed by atoms with van der Waals surface area (Å²) in [5, 5.41) is 0.132. The molecular formula is C23H19ClN2O3S. The molecule has 1 aliphatic rings. The third-order valence-corrected chi connectivity index (χ3v) is 6.03. The smallest absolute Gasteiger partial charge is 0.298 e. The molecule has 0 N–H and O–H groups in total. The summed E-state index contributed by atoms with van der Waals surface area (Å²) in [6.45, 7) is 3.99. The fourth-order valence-corrected chi connectivity index (χ4v) is 4.54. The second-order valence-electron chi connectivity index (χ2n) is 6.86. The summed E-state index contributed by atoms with van der Waals surface area (Å²) in [5.41, 5.74) is 4.30. The summed E-state index contributed by atoms with van der Waals surface area (Å²) in [6.07, 6.45) is 1.77. The molecule has 0 aliphatic carbocycles. The molecule has 1 fully saturated rings. The molecular weight excluding hydrogens is 420 g/mol. The van der Waals surface area contributed by atoms with E-state index < -0.39 is 0 Å². The van der Waals surface area contributed by atoms with Crippen molar-refractivity contribution < 1.29 is 14.3 Å². The standard InChI is InChI=1S/C23H19ClN2O3S/c1-14-10-16(15(2)25(14)19-8-5-9-20(13-19)29-3)11-21-22(27)26(23(28)30-21)18-7-4-6-17(24)12-18/h4-13H,1-3H3/b21-11-. The van der Waals surface area contributed by atoms with Gasteiger partial charge >= 0.3 is 0 Å². The number of amides is 2. The summed E-state index contributed by atoms with van der Waals surface area (Å²) >= 11 is 6.95. The normalized spacial score (nSPS) is 15.3. The Morgan fingerprint density at radius 1 is 1.00 bits per heavy atom. The van der Waals surface area contributed by atoms with E-state index in [0.29, 0.717) is 15.6 Å². The van der Waals surface area contributed by atoms with E-state index in [0.717, 1.165) is 45.1 Å². The number of nitrogens with zero attached hydrogens (tertiary/aromatic N) is 2. The number of rotatable bonds is 4. The molecule has 7 heteroatoms. The lowest BCUT2D eigenvalue weighted by Gasteiger charge is -2.12. The van der Waals surface area contributed by atoms with Gasteiger partial charge in [0.1, 0.15) is 5.75 Å². The molecule has 4 rings (SSSR count). The molecule has 1 saturated heterocycles. The van der Waals surface area contributed by atoms with Crippen LogP contribution < -0.4 is 9.64 Å². The molecule has 0 saturated carbocycles. The number of ether oxygens (including phenoxy) is 1. The molecule has 2 amide bonds. The van der Waals surface area contributed by atoms with Gasteiger partial charge in [-0.2, -0.15) is 0 Å². The van der Waals surface area contributed by atoms with Crippen molar-refractivity contribution in [1.82, 2.24) is 4.57 Å². The molecule has 5 nitrogen and oxygen atoms in total. The number of aryl methyl sites for hydroxylation is 1. The number of carbonyl (C=O) groups is 2. The van der Waals surface area contributed by atoms with Gasteiger partial charge in [-0.15, -0.1) is 0 Å². The average Bonchev–Trinajstić information content (AvgIpc) is 3.16. The Kier molecular flexibility index (Phi) is 5.45. The number of halogens is 1. The van der Waals surface area contributed by atoms with Crippen molar-refractivity contribution >= 4 is 46.3 Å². The third-order valence-electron chi connectivity index (χ3n) is 4.93. The maximum Gasteiger partial charge on any atom is 0.298 e. The van der Waals surface area contributed by atoms with E-state index in [1.165, 1.54) is 0 Å². The number of thioether (sulfide) groups is 1. The molecule has 3 aromatic rings. The first-order valence-corrected chi connectivity index (χ1v) is 10.5. The van der Waals surface area contributed by atoms with E-state index in [1.54, 1.807) is 37.5 Å². The Hall–Kier alpha value is -2.96. The minimum absolute atomic E-state index is 0.338. The monoisotopic (exact) mass is 438 g/mol. The largest absolute Gasteiger partial charge is 0.497 e. The summed E-state index contributed by atoms with van der Waals surface area (Å²) in [4.78, 5) is 27.0. The van der Waals surface area contributed by atoms with Gasteiger partial charge in [0.05, 0.1) is 17.7 Å². The van der Waals surface area contributed by atoms with Gasteiger partial charge in [-0.3, -0.25) is 9.59 Å². The van der Waals surface area contributed by atoms with Gasteiger partial charge in [0, 0.05) is 28.2 Å². The number of hydrogen-bond donors (Lipinski definition) is 0. The predicted molar refractivity (Wildman–Crippen MR) is 122 cm³/mol. The van der Waals surface area contributed by atoms with Crippen molar-refractivity contribution in [3.05, 3.63) is 81.5 Å². The molecule has 30 heavy (non-hydrogen) atoms. The summed E-state index contributed by atoms with van der Waals surface area (Å²) in [5.74, 6) is 0.419. The Bertz CT molecular complexity index is 1200. The number of hydrogen-bond acceptors (Lipinski definition) is 4. The number of methoxy groups -OCH3 is 1. The molecule has 0 atom stereocenters. The van der Waals surface area contributed by atoms with Crippen molar-refractivity contribution in [3.8, 4) is 11.4 Å². The van der Waals surface area contributed by atoms with Crippen LogP contribution in [0.2, 0.25) is 5.02 Å². The summed E-state index contributed by atoms with van der Waals surface area (Å²) < 4.78 is 7.43. The minimum atomic E-state index is -0.349. The average molecular weight is 439 g/mol. The van der Waals surface area contributed by atoms with Crippen LogP contribution in [0.1, 0.15) is 17.0 Å².